The summed E-state index contributed by atoms with van der Waals surface area (Å²) in [5.41, 5.74) is 0.897. The Morgan fingerprint density at radius 1 is 1.11 bits per heavy atom. The summed E-state index contributed by atoms with van der Waals surface area (Å²) in [7, 11) is 0. The molecule has 0 radical (unpaired) electrons. The second-order valence-electron chi connectivity index (χ2n) is 6.19. The van der Waals surface area contributed by atoms with Crippen molar-refractivity contribution >= 4 is 23.6 Å². The number of esters is 1. The fourth-order valence-corrected chi connectivity index (χ4v) is 3.82. The van der Waals surface area contributed by atoms with Gasteiger partial charge in [-0.3, -0.25) is 4.79 Å². The van der Waals surface area contributed by atoms with E-state index in [1.807, 2.05) is 18.2 Å². The summed E-state index contributed by atoms with van der Waals surface area (Å²) in [4.78, 5) is 28.3. The van der Waals surface area contributed by atoms with Crippen molar-refractivity contribution in [2.75, 3.05) is 26.3 Å². The Bertz CT molecular complexity index is 903. The third kappa shape index (κ3) is 4.71. The van der Waals surface area contributed by atoms with Gasteiger partial charge in [0, 0.05) is 22.9 Å². The summed E-state index contributed by atoms with van der Waals surface area (Å²) >= 11 is 1.32. The molecule has 0 saturated carbocycles. The number of nitrogens with zero attached hydrogens (tertiary/aromatic N) is 2. The van der Waals surface area contributed by atoms with Crippen molar-refractivity contribution in [1.82, 2.24) is 4.90 Å². The molecule has 0 N–H and O–H groups in total. The zero-order chi connectivity index (χ0) is 19.9. The minimum atomic E-state index is -0.880. The van der Waals surface area contributed by atoms with Crippen LogP contribution in [-0.4, -0.2) is 49.2 Å². The molecule has 7 heteroatoms. The summed E-state index contributed by atoms with van der Waals surface area (Å²) in [6.45, 7) is 3.56. The lowest BCUT2D eigenvalue weighted by Crippen LogP contribution is -2.46. The third-order valence-electron chi connectivity index (χ3n) is 4.29. The van der Waals surface area contributed by atoms with Gasteiger partial charge in [0.05, 0.1) is 24.3 Å². The Morgan fingerprint density at radius 2 is 1.75 bits per heavy atom. The van der Waals surface area contributed by atoms with Gasteiger partial charge < -0.3 is 14.4 Å². The van der Waals surface area contributed by atoms with Crippen molar-refractivity contribution < 1.29 is 19.1 Å². The van der Waals surface area contributed by atoms with Crippen LogP contribution in [0, 0.1) is 11.3 Å². The minimum Gasteiger partial charge on any atom is -0.449 e. The highest BCUT2D eigenvalue weighted by Gasteiger charge is 2.26. The van der Waals surface area contributed by atoms with Gasteiger partial charge in [-0.2, -0.15) is 5.26 Å². The fourth-order valence-electron chi connectivity index (χ4n) is 2.81. The van der Waals surface area contributed by atoms with E-state index in [4.69, 9.17) is 9.47 Å². The Kier molecular flexibility index (Phi) is 6.69. The molecule has 1 aliphatic rings. The van der Waals surface area contributed by atoms with Crippen LogP contribution in [-0.2, 0) is 14.3 Å². The summed E-state index contributed by atoms with van der Waals surface area (Å²) in [6, 6.07) is 16.4. The molecular formula is C21H20N2O4S. The van der Waals surface area contributed by atoms with Gasteiger partial charge in [-0.15, -0.1) is 0 Å². The number of hydrogen-bond donors (Lipinski definition) is 0. The topological polar surface area (TPSA) is 79.6 Å². The van der Waals surface area contributed by atoms with Crippen molar-refractivity contribution in [2.24, 2.45) is 0 Å². The standard InChI is InChI=1S/C21H20N2O4S/c1-15(20(24)23-10-12-26-13-11-23)27-21(25)17-7-3-5-9-19(17)28-18-8-4-2-6-16(18)14-22/h2-9,15H,10-13H2,1H3/t15-/m1/s1. The van der Waals surface area contributed by atoms with Crippen LogP contribution in [0.15, 0.2) is 58.3 Å². The van der Waals surface area contributed by atoms with E-state index in [9.17, 15) is 14.9 Å². The average Bonchev–Trinajstić information content (AvgIpc) is 2.74. The lowest BCUT2D eigenvalue weighted by Gasteiger charge is -2.29. The van der Waals surface area contributed by atoms with Crippen molar-refractivity contribution in [2.45, 2.75) is 22.8 Å². The normalized spacial score (nSPS) is 14.8. The van der Waals surface area contributed by atoms with E-state index in [1.165, 1.54) is 11.8 Å². The van der Waals surface area contributed by atoms with Crippen molar-refractivity contribution in [3.63, 3.8) is 0 Å². The Balaban J connectivity index is 1.73. The van der Waals surface area contributed by atoms with E-state index in [-0.39, 0.29) is 5.91 Å². The predicted molar refractivity (Wildman–Crippen MR) is 104 cm³/mol. The number of hydrogen-bond acceptors (Lipinski definition) is 6. The quantitative estimate of drug-likeness (QED) is 0.723. The van der Waals surface area contributed by atoms with E-state index < -0.39 is 12.1 Å². The largest absolute Gasteiger partial charge is 0.449 e. The van der Waals surface area contributed by atoms with Crippen LogP contribution in [0.3, 0.4) is 0 Å². The van der Waals surface area contributed by atoms with Crippen LogP contribution in [0.25, 0.3) is 0 Å². The molecular weight excluding hydrogens is 376 g/mol. The number of benzene rings is 2. The molecule has 0 unspecified atom stereocenters. The summed E-state index contributed by atoms with van der Waals surface area (Å²) in [5.74, 6) is -0.789. The SMILES string of the molecule is C[C@@H](OC(=O)c1ccccc1Sc1ccccc1C#N)C(=O)N1CCOCC1. The molecule has 2 aromatic carbocycles. The molecule has 1 fully saturated rings. The maximum absolute atomic E-state index is 12.7. The van der Waals surface area contributed by atoms with Gasteiger partial charge in [-0.05, 0) is 31.2 Å². The molecule has 0 spiro atoms. The molecule has 2 aromatic rings. The molecule has 1 atom stereocenters. The van der Waals surface area contributed by atoms with Crippen LogP contribution in [0.2, 0.25) is 0 Å². The number of amides is 1. The Morgan fingerprint density at radius 3 is 2.46 bits per heavy atom. The van der Waals surface area contributed by atoms with Crippen LogP contribution in [0.4, 0.5) is 0 Å². The zero-order valence-corrected chi connectivity index (χ0v) is 16.3. The maximum atomic E-state index is 12.7. The Hall–Kier alpha value is -2.82. The minimum absolute atomic E-state index is 0.225. The summed E-state index contributed by atoms with van der Waals surface area (Å²) in [6.07, 6.45) is -0.880. The second kappa shape index (κ2) is 9.40. The molecule has 0 aliphatic carbocycles. The first kappa shape index (κ1) is 19.9. The first-order chi connectivity index (χ1) is 13.6. The van der Waals surface area contributed by atoms with Gasteiger partial charge in [-0.1, -0.05) is 36.0 Å². The second-order valence-corrected chi connectivity index (χ2v) is 7.28. The van der Waals surface area contributed by atoms with Gasteiger partial charge in [0.2, 0.25) is 0 Å². The molecule has 144 valence electrons. The monoisotopic (exact) mass is 396 g/mol. The van der Waals surface area contributed by atoms with Crippen LogP contribution in [0.5, 0.6) is 0 Å². The molecule has 0 aromatic heterocycles. The third-order valence-corrected chi connectivity index (χ3v) is 5.44. The van der Waals surface area contributed by atoms with E-state index in [2.05, 4.69) is 6.07 Å². The smallest absolute Gasteiger partial charge is 0.340 e. The fraction of sp³-hybridized carbons (Fsp3) is 0.286. The molecule has 6 nitrogen and oxygen atoms in total. The van der Waals surface area contributed by atoms with E-state index >= 15 is 0 Å². The van der Waals surface area contributed by atoms with Crippen LogP contribution >= 0.6 is 11.8 Å². The number of rotatable bonds is 5. The molecule has 1 heterocycles. The van der Waals surface area contributed by atoms with Gasteiger partial charge in [-0.25, -0.2) is 4.79 Å². The maximum Gasteiger partial charge on any atom is 0.340 e. The zero-order valence-electron chi connectivity index (χ0n) is 15.5. The van der Waals surface area contributed by atoms with E-state index in [0.29, 0.717) is 42.3 Å². The molecule has 0 bridgehead atoms. The van der Waals surface area contributed by atoms with E-state index in [1.54, 1.807) is 42.2 Å². The summed E-state index contributed by atoms with van der Waals surface area (Å²) in [5, 5.41) is 9.27. The van der Waals surface area contributed by atoms with Gasteiger partial charge in [0.25, 0.3) is 5.91 Å². The van der Waals surface area contributed by atoms with Crippen LogP contribution in [0.1, 0.15) is 22.8 Å². The molecule has 1 amide bonds. The van der Waals surface area contributed by atoms with Crippen molar-refractivity contribution in [3.05, 3.63) is 59.7 Å². The highest BCUT2D eigenvalue weighted by Crippen LogP contribution is 2.33. The highest BCUT2D eigenvalue weighted by atomic mass is 32.2. The van der Waals surface area contributed by atoms with Crippen molar-refractivity contribution in [1.29, 1.82) is 5.26 Å². The number of ether oxygens (including phenoxy) is 2. The number of morpholine rings is 1. The molecule has 3 rings (SSSR count). The van der Waals surface area contributed by atoms with Crippen LogP contribution < -0.4 is 0 Å². The predicted octanol–water partition coefficient (Wildman–Crippen LogP) is 3.11. The van der Waals surface area contributed by atoms with Crippen molar-refractivity contribution in [3.8, 4) is 6.07 Å². The lowest BCUT2D eigenvalue weighted by molar-refractivity contribution is -0.143. The average molecular weight is 396 g/mol. The van der Waals surface area contributed by atoms with Gasteiger partial charge >= 0.3 is 5.97 Å². The summed E-state index contributed by atoms with van der Waals surface area (Å²) < 4.78 is 10.7. The number of carbonyl (C=O) groups is 2. The van der Waals surface area contributed by atoms with Gasteiger partial charge in [0.1, 0.15) is 6.07 Å². The molecule has 28 heavy (non-hydrogen) atoms. The molecule has 1 saturated heterocycles. The molecule has 1 aliphatic heterocycles. The Labute approximate surface area is 168 Å². The highest BCUT2D eigenvalue weighted by molar-refractivity contribution is 7.99. The number of carbonyl (C=O) groups excluding carboxylic acids is 2. The van der Waals surface area contributed by atoms with E-state index in [0.717, 1.165) is 4.90 Å². The lowest BCUT2D eigenvalue weighted by atomic mass is 10.2. The first-order valence-corrected chi connectivity index (χ1v) is 9.75. The number of nitriles is 1. The first-order valence-electron chi connectivity index (χ1n) is 8.93. The van der Waals surface area contributed by atoms with Gasteiger partial charge in [0.15, 0.2) is 6.10 Å².